The predicted octanol–water partition coefficient (Wildman–Crippen LogP) is 3.22. The third-order valence-electron chi connectivity index (χ3n) is 5.96. The number of nitrogens with zero attached hydrogens (tertiary/aromatic N) is 5. The summed E-state index contributed by atoms with van der Waals surface area (Å²) in [4.78, 5) is 18.7. The van der Waals surface area contributed by atoms with Crippen LogP contribution < -0.4 is 10.2 Å². The summed E-state index contributed by atoms with van der Waals surface area (Å²) in [6.45, 7) is 7.31. The maximum absolute atomic E-state index is 11.5. The predicted molar refractivity (Wildman–Crippen MR) is 119 cm³/mol. The molecule has 1 aromatic carbocycles. The van der Waals surface area contributed by atoms with Gasteiger partial charge >= 0.3 is 0 Å². The van der Waals surface area contributed by atoms with Crippen molar-refractivity contribution >= 4 is 28.1 Å². The van der Waals surface area contributed by atoms with Crippen molar-refractivity contribution in [1.82, 2.24) is 24.5 Å². The van der Waals surface area contributed by atoms with Crippen LogP contribution >= 0.6 is 0 Å². The van der Waals surface area contributed by atoms with Crippen LogP contribution in [0.4, 0.5) is 5.69 Å². The second-order valence-electron chi connectivity index (χ2n) is 8.28. The van der Waals surface area contributed by atoms with Crippen molar-refractivity contribution in [2.45, 2.75) is 33.2 Å². The first-order chi connectivity index (χ1) is 14.4. The number of hydrogen-bond donors (Lipinski definition) is 1. The first-order valence-electron chi connectivity index (χ1n) is 10.3. The van der Waals surface area contributed by atoms with Crippen molar-refractivity contribution < 1.29 is 4.79 Å². The Bertz CT molecular complexity index is 1280. The van der Waals surface area contributed by atoms with E-state index in [1.54, 1.807) is 6.92 Å². The Kier molecular flexibility index (Phi) is 4.27. The standard InChI is InChI=1S/C23H26N6O/c1-14-11-21(28-10-8-19(13-28)25-16(3)30)23-24-15(2)22(29(23)26-14)18-6-5-17-7-9-27(4)20(17)12-18/h5-7,9,11-12,19H,8,10,13H2,1-4H3,(H,25,30)/t19-/m1/s1. The lowest BCUT2D eigenvalue weighted by atomic mass is 10.1. The summed E-state index contributed by atoms with van der Waals surface area (Å²) in [7, 11) is 2.06. The van der Waals surface area contributed by atoms with Crippen LogP contribution in [0, 0.1) is 13.8 Å². The summed E-state index contributed by atoms with van der Waals surface area (Å²) in [5.41, 5.74) is 7.16. The van der Waals surface area contributed by atoms with E-state index in [9.17, 15) is 4.79 Å². The van der Waals surface area contributed by atoms with Crippen molar-refractivity contribution in [2.75, 3.05) is 18.0 Å². The second kappa shape index (κ2) is 6.86. The van der Waals surface area contributed by atoms with Crippen LogP contribution in [0.1, 0.15) is 24.7 Å². The lowest BCUT2D eigenvalue weighted by Crippen LogP contribution is -2.35. The van der Waals surface area contributed by atoms with Gasteiger partial charge in [-0.05, 0) is 43.9 Å². The minimum absolute atomic E-state index is 0.0212. The van der Waals surface area contributed by atoms with Crippen molar-refractivity contribution in [1.29, 1.82) is 0 Å². The van der Waals surface area contributed by atoms with Crippen LogP contribution in [0.3, 0.4) is 0 Å². The average molecular weight is 403 g/mol. The summed E-state index contributed by atoms with van der Waals surface area (Å²) >= 11 is 0. The number of aryl methyl sites for hydroxylation is 3. The van der Waals surface area contributed by atoms with Gasteiger partial charge in [0.25, 0.3) is 0 Å². The summed E-state index contributed by atoms with van der Waals surface area (Å²) in [5, 5.41) is 9.07. The number of carbonyl (C=O) groups excluding carboxylic acids is 1. The molecule has 154 valence electrons. The molecule has 0 unspecified atom stereocenters. The van der Waals surface area contributed by atoms with Gasteiger partial charge < -0.3 is 14.8 Å². The fraction of sp³-hybridized carbons (Fsp3) is 0.348. The molecule has 30 heavy (non-hydrogen) atoms. The van der Waals surface area contributed by atoms with E-state index in [2.05, 4.69) is 58.4 Å². The van der Waals surface area contributed by atoms with Crippen molar-refractivity contribution in [2.24, 2.45) is 7.05 Å². The third-order valence-corrected chi connectivity index (χ3v) is 5.96. The normalized spacial score (nSPS) is 16.7. The monoisotopic (exact) mass is 402 g/mol. The highest BCUT2D eigenvalue weighted by Crippen LogP contribution is 2.32. The molecule has 1 amide bonds. The lowest BCUT2D eigenvalue weighted by molar-refractivity contribution is -0.119. The molecular formula is C23H26N6O. The lowest BCUT2D eigenvalue weighted by Gasteiger charge is -2.20. The van der Waals surface area contributed by atoms with Crippen molar-refractivity contribution in [3.05, 3.63) is 47.9 Å². The van der Waals surface area contributed by atoms with Gasteiger partial charge in [0.2, 0.25) is 5.91 Å². The number of anilines is 1. The zero-order valence-electron chi connectivity index (χ0n) is 17.8. The molecule has 1 aliphatic rings. The van der Waals surface area contributed by atoms with Crippen LogP contribution in [0.25, 0.3) is 27.8 Å². The van der Waals surface area contributed by atoms with E-state index in [1.807, 2.05) is 18.4 Å². The number of fused-ring (bicyclic) bond motifs is 2. The van der Waals surface area contributed by atoms with Gasteiger partial charge in [0.1, 0.15) is 0 Å². The number of amides is 1. The van der Waals surface area contributed by atoms with Gasteiger partial charge in [0.05, 0.1) is 22.8 Å². The molecule has 1 atom stereocenters. The SMILES string of the molecule is CC(=O)N[C@@H]1CCN(c2cc(C)nn3c(-c4ccc5ccn(C)c5c4)c(C)nc23)C1. The Hall–Kier alpha value is -3.35. The molecule has 7 heteroatoms. The number of nitrogens with one attached hydrogen (secondary N) is 1. The Balaban J connectivity index is 1.62. The van der Waals surface area contributed by atoms with Gasteiger partial charge in [0.15, 0.2) is 5.65 Å². The van der Waals surface area contributed by atoms with E-state index in [0.29, 0.717) is 0 Å². The van der Waals surface area contributed by atoms with Gasteiger partial charge in [-0.2, -0.15) is 5.10 Å². The number of imidazole rings is 1. The first kappa shape index (κ1) is 18.7. The summed E-state index contributed by atoms with van der Waals surface area (Å²) in [5.74, 6) is 0.0212. The molecule has 4 heterocycles. The highest BCUT2D eigenvalue weighted by molar-refractivity contribution is 5.86. The van der Waals surface area contributed by atoms with Crippen LogP contribution in [0.5, 0.6) is 0 Å². The van der Waals surface area contributed by atoms with Gasteiger partial charge in [-0.25, -0.2) is 9.50 Å². The van der Waals surface area contributed by atoms with E-state index >= 15 is 0 Å². The van der Waals surface area contributed by atoms with Crippen molar-refractivity contribution in [3.63, 3.8) is 0 Å². The van der Waals surface area contributed by atoms with Crippen LogP contribution in [0.15, 0.2) is 36.5 Å². The van der Waals surface area contributed by atoms with Gasteiger partial charge in [-0.15, -0.1) is 0 Å². The van der Waals surface area contributed by atoms with E-state index in [0.717, 1.165) is 53.5 Å². The number of rotatable bonds is 3. The van der Waals surface area contributed by atoms with Gasteiger partial charge in [0, 0.05) is 50.4 Å². The molecular weight excluding hydrogens is 376 g/mol. The van der Waals surface area contributed by atoms with Gasteiger partial charge in [-0.3, -0.25) is 4.79 Å². The van der Waals surface area contributed by atoms with Crippen LogP contribution in [-0.4, -0.2) is 44.2 Å². The molecule has 0 aliphatic carbocycles. The molecule has 4 aromatic rings. The summed E-state index contributed by atoms with van der Waals surface area (Å²) < 4.78 is 4.11. The number of aromatic nitrogens is 4. The number of carbonyl (C=O) groups is 1. The smallest absolute Gasteiger partial charge is 0.217 e. The Morgan fingerprint density at radius 2 is 2.03 bits per heavy atom. The molecule has 5 rings (SSSR count). The molecule has 1 aliphatic heterocycles. The molecule has 0 bridgehead atoms. The topological polar surface area (TPSA) is 67.5 Å². The molecule has 0 saturated carbocycles. The van der Waals surface area contributed by atoms with Crippen molar-refractivity contribution in [3.8, 4) is 11.3 Å². The fourth-order valence-corrected chi connectivity index (χ4v) is 4.59. The largest absolute Gasteiger partial charge is 0.366 e. The summed E-state index contributed by atoms with van der Waals surface area (Å²) in [6.07, 6.45) is 3.01. The molecule has 1 N–H and O–H groups in total. The van der Waals surface area contributed by atoms with Crippen LogP contribution in [0.2, 0.25) is 0 Å². The minimum atomic E-state index is 0.0212. The zero-order chi connectivity index (χ0) is 21.0. The molecule has 7 nitrogen and oxygen atoms in total. The maximum atomic E-state index is 11.5. The maximum Gasteiger partial charge on any atom is 0.217 e. The molecule has 1 saturated heterocycles. The fourth-order valence-electron chi connectivity index (χ4n) is 4.59. The highest BCUT2D eigenvalue weighted by Gasteiger charge is 2.27. The molecule has 0 radical (unpaired) electrons. The Morgan fingerprint density at radius 3 is 2.83 bits per heavy atom. The second-order valence-corrected chi connectivity index (χ2v) is 8.28. The Morgan fingerprint density at radius 1 is 1.20 bits per heavy atom. The number of benzene rings is 1. The summed E-state index contributed by atoms with van der Waals surface area (Å²) in [6, 6.07) is 10.9. The third kappa shape index (κ3) is 3.01. The van der Waals surface area contributed by atoms with Crippen LogP contribution in [-0.2, 0) is 11.8 Å². The quantitative estimate of drug-likeness (QED) is 0.571. The van der Waals surface area contributed by atoms with E-state index in [1.165, 1.54) is 10.9 Å². The van der Waals surface area contributed by atoms with Gasteiger partial charge in [-0.1, -0.05) is 12.1 Å². The minimum Gasteiger partial charge on any atom is -0.366 e. The highest BCUT2D eigenvalue weighted by atomic mass is 16.1. The van der Waals surface area contributed by atoms with E-state index in [4.69, 9.17) is 10.1 Å². The molecule has 0 spiro atoms. The zero-order valence-corrected chi connectivity index (χ0v) is 17.8. The first-order valence-corrected chi connectivity index (χ1v) is 10.3. The average Bonchev–Trinajstić information content (AvgIpc) is 3.38. The molecule has 3 aromatic heterocycles. The van der Waals surface area contributed by atoms with E-state index < -0.39 is 0 Å². The van der Waals surface area contributed by atoms with E-state index in [-0.39, 0.29) is 11.9 Å². The number of hydrogen-bond acceptors (Lipinski definition) is 4. The Labute approximate surface area is 175 Å². The molecule has 1 fully saturated rings.